The van der Waals surface area contributed by atoms with Gasteiger partial charge in [0.05, 0.1) is 17.3 Å². The largest absolute Gasteiger partial charge is 0.393 e. The average Bonchev–Trinajstić information content (AvgIpc) is 2.54. The van der Waals surface area contributed by atoms with Crippen molar-refractivity contribution in [1.29, 1.82) is 0 Å². The second-order valence-electron chi connectivity index (χ2n) is 6.36. The highest BCUT2D eigenvalue weighted by Crippen LogP contribution is 2.32. The Morgan fingerprint density at radius 2 is 2.13 bits per heavy atom. The van der Waals surface area contributed by atoms with Crippen LogP contribution in [0, 0.1) is 12.5 Å². The summed E-state index contributed by atoms with van der Waals surface area (Å²) in [5.74, 6) is 0.435. The van der Waals surface area contributed by atoms with Crippen LogP contribution in [0.25, 0.3) is 15.9 Å². The van der Waals surface area contributed by atoms with E-state index in [1.54, 1.807) is 29.8 Å². The van der Waals surface area contributed by atoms with Gasteiger partial charge in [-0.3, -0.25) is 4.79 Å². The van der Waals surface area contributed by atoms with Gasteiger partial charge in [0.1, 0.15) is 0 Å². The number of nitrogens with zero attached hydrogens (tertiary/aromatic N) is 4. The Balaban J connectivity index is 2.22. The van der Waals surface area contributed by atoms with Crippen LogP contribution in [0.5, 0.6) is 0 Å². The van der Waals surface area contributed by atoms with Crippen molar-refractivity contribution in [3.63, 3.8) is 0 Å². The molecule has 1 aliphatic rings. The van der Waals surface area contributed by atoms with Crippen LogP contribution in [-0.2, 0) is 7.05 Å². The molecule has 1 aliphatic heterocycles. The fourth-order valence-electron chi connectivity index (χ4n) is 3.24. The van der Waals surface area contributed by atoms with Crippen LogP contribution in [0.3, 0.4) is 0 Å². The zero-order chi connectivity index (χ0) is 16.7. The molecule has 0 radical (unpaired) electrons. The number of aliphatic hydroxyl groups is 1. The predicted octanol–water partition coefficient (Wildman–Crippen LogP) is 2.08. The Morgan fingerprint density at radius 1 is 1.39 bits per heavy atom. The van der Waals surface area contributed by atoms with Gasteiger partial charge in [-0.25, -0.2) is 0 Å². The highest BCUT2D eigenvalue weighted by atomic mass is 16.3. The third-order valence-corrected chi connectivity index (χ3v) is 4.73. The lowest BCUT2D eigenvalue weighted by Gasteiger charge is -2.41. The Kier molecular flexibility index (Phi) is 3.82. The molecule has 0 bridgehead atoms. The van der Waals surface area contributed by atoms with Crippen molar-refractivity contribution < 1.29 is 5.11 Å². The molecular weight excluding hydrogens is 292 g/mol. The minimum absolute atomic E-state index is 0.101. The number of aryl methyl sites for hydroxylation is 1. The maximum absolute atomic E-state index is 12.3. The SMILES string of the molecule is [C-]#[N+]c1ccc2c(n1)c(N1C[C@@H](C)[C@H](O)C[C@@H]1C)cc(=O)n2C. The minimum Gasteiger partial charge on any atom is -0.393 e. The van der Waals surface area contributed by atoms with E-state index in [-0.39, 0.29) is 23.6 Å². The topological polar surface area (TPSA) is 62.7 Å². The number of piperidine rings is 1. The second kappa shape index (κ2) is 5.67. The Bertz CT molecular complexity index is 852. The third kappa shape index (κ3) is 2.57. The maximum atomic E-state index is 12.3. The molecule has 3 rings (SSSR count). The summed E-state index contributed by atoms with van der Waals surface area (Å²) in [5, 5.41) is 10.1. The van der Waals surface area contributed by atoms with E-state index in [9.17, 15) is 9.90 Å². The van der Waals surface area contributed by atoms with Gasteiger partial charge < -0.3 is 19.4 Å². The Hall–Kier alpha value is -2.39. The van der Waals surface area contributed by atoms with Crippen LogP contribution in [0.1, 0.15) is 20.3 Å². The van der Waals surface area contributed by atoms with Gasteiger partial charge in [0.15, 0.2) is 0 Å². The van der Waals surface area contributed by atoms with Gasteiger partial charge in [0.2, 0.25) is 5.52 Å². The Labute approximate surface area is 134 Å². The molecule has 6 heteroatoms. The second-order valence-corrected chi connectivity index (χ2v) is 6.36. The van der Waals surface area contributed by atoms with Crippen molar-refractivity contribution >= 4 is 22.5 Å². The van der Waals surface area contributed by atoms with E-state index in [4.69, 9.17) is 6.57 Å². The number of fused-ring (bicyclic) bond motifs is 1. The van der Waals surface area contributed by atoms with E-state index in [1.807, 2.05) is 13.8 Å². The molecule has 6 nitrogen and oxygen atoms in total. The van der Waals surface area contributed by atoms with Crippen molar-refractivity contribution in [2.45, 2.75) is 32.4 Å². The van der Waals surface area contributed by atoms with Crippen LogP contribution in [-0.4, -0.2) is 33.3 Å². The first kappa shape index (κ1) is 15.5. The molecule has 0 unspecified atom stereocenters. The van der Waals surface area contributed by atoms with Crippen LogP contribution in [0.15, 0.2) is 23.0 Å². The molecule has 2 aromatic rings. The van der Waals surface area contributed by atoms with Crippen molar-refractivity contribution in [3.05, 3.63) is 40.0 Å². The molecule has 3 atom stereocenters. The molecule has 120 valence electrons. The molecule has 0 aliphatic carbocycles. The number of anilines is 1. The molecule has 1 N–H and O–H groups in total. The van der Waals surface area contributed by atoms with Crippen molar-refractivity contribution in [3.8, 4) is 0 Å². The first-order chi connectivity index (χ1) is 10.9. The first-order valence-electron chi connectivity index (χ1n) is 7.75. The maximum Gasteiger partial charge on any atom is 0.270 e. The van der Waals surface area contributed by atoms with Gasteiger partial charge in [-0.1, -0.05) is 13.5 Å². The van der Waals surface area contributed by atoms with Crippen molar-refractivity contribution in [1.82, 2.24) is 9.55 Å². The molecule has 0 spiro atoms. The number of hydrogen-bond acceptors (Lipinski definition) is 4. The van der Waals surface area contributed by atoms with Gasteiger partial charge in [-0.2, -0.15) is 0 Å². The lowest BCUT2D eigenvalue weighted by Crippen LogP contribution is -2.48. The van der Waals surface area contributed by atoms with E-state index in [0.717, 1.165) is 5.69 Å². The molecule has 1 fully saturated rings. The molecule has 23 heavy (non-hydrogen) atoms. The van der Waals surface area contributed by atoms with Gasteiger partial charge in [-0.05, 0) is 31.4 Å². The first-order valence-corrected chi connectivity index (χ1v) is 7.75. The number of hydrogen-bond donors (Lipinski definition) is 1. The summed E-state index contributed by atoms with van der Waals surface area (Å²) in [6.45, 7) is 11.9. The van der Waals surface area contributed by atoms with E-state index < -0.39 is 0 Å². The monoisotopic (exact) mass is 312 g/mol. The van der Waals surface area contributed by atoms with Crippen LogP contribution in [0.2, 0.25) is 0 Å². The molecule has 0 aromatic carbocycles. The van der Waals surface area contributed by atoms with Gasteiger partial charge >= 0.3 is 0 Å². The lowest BCUT2D eigenvalue weighted by atomic mass is 9.91. The number of aromatic nitrogens is 2. The molecule has 2 aromatic heterocycles. The molecule has 3 heterocycles. The summed E-state index contributed by atoms with van der Waals surface area (Å²) >= 11 is 0. The number of pyridine rings is 2. The van der Waals surface area contributed by atoms with Gasteiger partial charge in [0.25, 0.3) is 11.4 Å². The fraction of sp³-hybridized carbons (Fsp3) is 0.471. The zero-order valence-electron chi connectivity index (χ0n) is 13.5. The van der Waals surface area contributed by atoms with Crippen LogP contribution < -0.4 is 10.5 Å². The van der Waals surface area contributed by atoms with Crippen molar-refractivity contribution in [2.24, 2.45) is 13.0 Å². The smallest absolute Gasteiger partial charge is 0.270 e. The lowest BCUT2D eigenvalue weighted by molar-refractivity contribution is 0.0840. The van der Waals surface area contributed by atoms with E-state index >= 15 is 0 Å². The summed E-state index contributed by atoms with van der Waals surface area (Å²) in [7, 11) is 1.71. The Morgan fingerprint density at radius 3 is 2.83 bits per heavy atom. The highest BCUT2D eigenvalue weighted by molar-refractivity contribution is 5.89. The predicted molar refractivity (Wildman–Crippen MR) is 89.8 cm³/mol. The third-order valence-electron chi connectivity index (χ3n) is 4.73. The van der Waals surface area contributed by atoms with Crippen LogP contribution >= 0.6 is 0 Å². The highest BCUT2D eigenvalue weighted by Gasteiger charge is 2.32. The minimum atomic E-state index is -0.328. The normalized spacial score (nSPS) is 24.7. The summed E-state index contributed by atoms with van der Waals surface area (Å²) in [6, 6.07) is 5.09. The van der Waals surface area contributed by atoms with Crippen LogP contribution in [0.4, 0.5) is 11.5 Å². The van der Waals surface area contributed by atoms with Gasteiger partial charge in [-0.15, -0.1) is 4.98 Å². The van der Waals surface area contributed by atoms with E-state index in [0.29, 0.717) is 29.8 Å². The summed E-state index contributed by atoms with van der Waals surface area (Å²) < 4.78 is 1.55. The van der Waals surface area contributed by atoms with E-state index in [1.165, 1.54) is 0 Å². The van der Waals surface area contributed by atoms with Crippen molar-refractivity contribution in [2.75, 3.05) is 11.4 Å². The zero-order valence-corrected chi connectivity index (χ0v) is 13.5. The standard InChI is InChI=1S/C17H20N4O2/c1-10-9-21(11(2)7-14(10)22)13-8-16(23)20(4)12-5-6-15(18-3)19-17(12)13/h5-6,8,10-11,14,22H,7,9H2,1-2,4H3/t10-,11+,14-/m1/s1. The fourth-order valence-corrected chi connectivity index (χ4v) is 3.24. The number of aliphatic hydroxyl groups excluding tert-OH is 1. The average molecular weight is 312 g/mol. The molecule has 0 saturated carbocycles. The number of rotatable bonds is 1. The molecule has 0 amide bonds. The quantitative estimate of drug-likeness (QED) is 0.819. The van der Waals surface area contributed by atoms with Gasteiger partial charge in [0, 0.05) is 25.7 Å². The van der Waals surface area contributed by atoms with E-state index in [2.05, 4.69) is 14.7 Å². The molecule has 1 saturated heterocycles. The summed E-state index contributed by atoms with van der Waals surface area (Å²) in [4.78, 5) is 22.3. The summed E-state index contributed by atoms with van der Waals surface area (Å²) in [6.07, 6.45) is 0.325. The molecular formula is C17H20N4O2. The summed E-state index contributed by atoms with van der Waals surface area (Å²) in [5.41, 5.74) is 2.03.